The van der Waals surface area contributed by atoms with Gasteiger partial charge in [0.05, 0.1) is 0 Å². The summed E-state index contributed by atoms with van der Waals surface area (Å²) in [6, 6.07) is 5.26. The van der Waals surface area contributed by atoms with E-state index in [1.54, 1.807) is 0 Å². The first-order valence-electron chi connectivity index (χ1n) is 6.50. The number of ether oxygens (including phenoxy) is 2. The van der Waals surface area contributed by atoms with Crippen molar-refractivity contribution in [2.24, 2.45) is 5.92 Å². The van der Waals surface area contributed by atoms with Gasteiger partial charge in [-0.05, 0) is 25.0 Å². The molecule has 1 aromatic carbocycles. The molecule has 19 heavy (non-hydrogen) atoms. The molecular weight excluding hydrogens is 244 g/mol. The second-order valence-electron chi connectivity index (χ2n) is 5.07. The van der Waals surface area contributed by atoms with Crippen molar-refractivity contribution in [1.29, 1.82) is 0 Å². The molecule has 0 radical (unpaired) electrons. The zero-order valence-electron chi connectivity index (χ0n) is 11.5. The van der Waals surface area contributed by atoms with Crippen molar-refractivity contribution < 1.29 is 14.3 Å². The second-order valence-corrected chi connectivity index (χ2v) is 5.07. The highest BCUT2D eigenvalue weighted by atomic mass is 16.7. The van der Waals surface area contributed by atoms with Gasteiger partial charge in [0.1, 0.15) is 6.04 Å². The highest BCUT2D eigenvalue weighted by molar-refractivity contribution is 5.84. The minimum Gasteiger partial charge on any atom is -0.454 e. The molecule has 0 aliphatic carbocycles. The third kappa shape index (κ3) is 3.53. The van der Waals surface area contributed by atoms with Crippen molar-refractivity contribution in [3.05, 3.63) is 18.2 Å². The highest BCUT2D eigenvalue weighted by Crippen LogP contribution is 2.34. The van der Waals surface area contributed by atoms with Crippen molar-refractivity contribution in [3.63, 3.8) is 0 Å². The van der Waals surface area contributed by atoms with E-state index in [1.807, 2.05) is 25.1 Å². The molecule has 0 saturated carbocycles. The quantitative estimate of drug-likeness (QED) is 0.854. The highest BCUT2D eigenvalue weighted by Gasteiger charge is 2.16. The van der Waals surface area contributed by atoms with Crippen molar-refractivity contribution in [3.8, 4) is 11.5 Å². The van der Waals surface area contributed by atoms with E-state index in [-0.39, 0.29) is 18.7 Å². The number of carbonyl (C=O) groups excluding carboxylic acids is 1. The normalized spacial score (nSPS) is 14.3. The zero-order chi connectivity index (χ0) is 13.8. The molecule has 104 valence electrons. The number of amides is 1. The van der Waals surface area contributed by atoms with Gasteiger partial charge in [-0.3, -0.25) is 4.79 Å². The van der Waals surface area contributed by atoms with E-state index in [4.69, 9.17) is 9.47 Å². The van der Waals surface area contributed by atoms with Crippen LogP contribution < -0.4 is 20.1 Å². The van der Waals surface area contributed by atoms with Gasteiger partial charge in [0.2, 0.25) is 12.7 Å². The maximum absolute atomic E-state index is 11.9. The van der Waals surface area contributed by atoms with Crippen LogP contribution in [0.25, 0.3) is 0 Å². The fourth-order valence-corrected chi connectivity index (χ4v) is 1.76. The number of benzene rings is 1. The summed E-state index contributed by atoms with van der Waals surface area (Å²) in [5.41, 5.74) is 0.844. The summed E-state index contributed by atoms with van der Waals surface area (Å²) < 4.78 is 10.5. The smallest absolute Gasteiger partial charge is 0.242 e. The Morgan fingerprint density at radius 3 is 2.74 bits per heavy atom. The van der Waals surface area contributed by atoms with Gasteiger partial charge in [-0.25, -0.2) is 0 Å². The topological polar surface area (TPSA) is 59.6 Å². The number of hydrogen-bond donors (Lipinski definition) is 2. The number of hydrogen-bond acceptors (Lipinski definition) is 4. The molecule has 2 rings (SSSR count). The summed E-state index contributed by atoms with van der Waals surface area (Å²) in [5.74, 6) is 1.88. The van der Waals surface area contributed by atoms with Gasteiger partial charge in [0.15, 0.2) is 11.5 Å². The Morgan fingerprint density at radius 2 is 2.00 bits per heavy atom. The molecule has 1 atom stereocenters. The fourth-order valence-electron chi connectivity index (χ4n) is 1.76. The Labute approximate surface area is 113 Å². The minimum atomic E-state index is -0.292. The lowest BCUT2D eigenvalue weighted by Gasteiger charge is -2.16. The van der Waals surface area contributed by atoms with E-state index in [1.165, 1.54) is 0 Å². The average molecular weight is 264 g/mol. The summed E-state index contributed by atoms with van der Waals surface area (Å²) >= 11 is 0. The Kier molecular flexibility index (Phi) is 4.14. The molecule has 0 fully saturated rings. The number of carbonyl (C=O) groups is 1. The Hall–Kier alpha value is -1.91. The van der Waals surface area contributed by atoms with Gasteiger partial charge >= 0.3 is 0 Å². The first-order valence-corrected chi connectivity index (χ1v) is 6.50. The lowest BCUT2D eigenvalue weighted by atomic mass is 10.2. The van der Waals surface area contributed by atoms with E-state index in [0.717, 1.165) is 11.4 Å². The van der Waals surface area contributed by atoms with Gasteiger partial charge in [-0.2, -0.15) is 0 Å². The lowest BCUT2D eigenvalue weighted by Crippen LogP contribution is -2.39. The van der Waals surface area contributed by atoms with Crippen LogP contribution >= 0.6 is 0 Å². The van der Waals surface area contributed by atoms with Crippen LogP contribution in [0.5, 0.6) is 11.5 Å². The fraction of sp³-hybridized carbons (Fsp3) is 0.500. The molecule has 1 aliphatic heterocycles. The molecule has 5 heteroatoms. The molecular formula is C14H20N2O3. The molecule has 0 aromatic heterocycles. The van der Waals surface area contributed by atoms with E-state index in [0.29, 0.717) is 18.2 Å². The van der Waals surface area contributed by atoms with Gasteiger partial charge < -0.3 is 20.1 Å². The third-order valence-corrected chi connectivity index (χ3v) is 2.83. The van der Waals surface area contributed by atoms with Crippen molar-refractivity contribution >= 4 is 11.6 Å². The van der Waals surface area contributed by atoms with E-state index >= 15 is 0 Å². The Balaban J connectivity index is 1.91. The number of anilines is 1. The summed E-state index contributed by atoms with van der Waals surface area (Å²) in [5, 5.41) is 6.04. The summed E-state index contributed by atoms with van der Waals surface area (Å²) in [6.45, 7) is 6.90. The zero-order valence-corrected chi connectivity index (χ0v) is 11.5. The van der Waals surface area contributed by atoms with E-state index in [9.17, 15) is 4.79 Å². The predicted octanol–water partition coefficient (Wildman–Crippen LogP) is 1.99. The predicted molar refractivity (Wildman–Crippen MR) is 73.5 cm³/mol. The molecule has 1 heterocycles. The molecule has 1 amide bonds. The van der Waals surface area contributed by atoms with Crippen LogP contribution in [0.15, 0.2) is 18.2 Å². The minimum absolute atomic E-state index is 0.00799. The number of rotatable bonds is 5. The molecule has 2 N–H and O–H groups in total. The van der Waals surface area contributed by atoms with Gasteiger partial charge in [-0.1, -0.05) is 13.8 Å². The summed E-state index contributed by atoms with van der Waals surface area (Å²) in [6.07, 6.45) is 0. The third-order valence-electron chi connectivity index (χ3n) is 2.83. The molecule has 5 nitrogen and oxygen atoms in total. The molecule has 0 bridgehead atoms. The Morgan fingerprint density at radius 1 is 1.26 bits per heavy atom. The van der Waals surface area contributed by atoms with Crippen LogP contribution in [0.3, 0.4) is 0 Å². The van der Waals surface area contributed by atoms with Crippen LogP contribution in [0, 0.1) is 5.92 Å². The molecule has 0 saturated heterocycles. The lowest BCUT2D eigenvalue weighted by molar-refractivity contribution is -0.121. The van der Waals surface area contributed by atoms with Gasteiger partial charge in [-0.15, -0.1) is 0 Å². The average Bonchev–Trinajstić information content (AvgIpc) is 2.83. The van der Waals surface area contributed by atoms with Gasteiger partial charge in [0, 0.05) is 18.3 Å². The first kappa shape index (κ1) is 13.5. The van der Waals surface area contributed by atoms with Crippen molar-refractivity contribution in [2.45, 2.75) is 26.8 Å². The molecule has 1 unspecified atom stereocenters. The summed E-state index contributed by atoms with van der Waals surface area (Å²) in [7, 11) is 0. The van der Waals surface area contributed by atoms with Crippen LogP contribution in [0.2, 0.25) is 0 Å². The number of nitrogens with one attached hydrogen (secondary N) is 2. The van der Waals surface area contributed by atoms with E-state index in [2.05, 4.69) is 24.5 Å². The summed E-state index contributed by atoms with van der Waals surface area (Å²) in [4.78, 5) is 11.9. The maximum Gasteiger partial charge on any atom is 0.242 e. The van der Waals surface area contributed by atoms with E-state index < -0.39 is 0 Å². The van der Waals surface area contributed by atoms with Crippen molar-refractivity contribution in [2.75, 3.05) is 18.7 Å². The molecule has 1 aliphatic rings. The molecule has 1 aromatic rings. The Bertz CT molecular complexity index is 460. The van der Waals surface area contributed by atoms with Crippen LogP contribution in [0.1, 0.15) is 20.8 Å². The van der Waals surface area contributed by atoms with Gasteiger partial charge in [0.25, 0.3) is 0 Å². The van der Waals surface area contributed by atoms with Crippen molar-refractivity contribution in [1.82, 2.24) is 5.32 Å². The number of fused-ring (bicyclic) bond motifs is 1. The maximum atomic E-state index is 11.9. The van der Waals surface area contributed by atoms with Crippen LogP contribution in [0.4, 0.5) is 5.69 Å². The van der Waals surface area contributed by atoms with Crippen LogP contribution in [-0.4, -0.2) is 25.3 Å². The standard InChI is InChI=1S/C14H20N2O3/c1-9(2)7-15-14(17)10(3)16-11-4-5-12-13(6-11)19-8-18-12/h4-6,9-10,16H,7-8H2,1-3H3,(H,15,17). The van der Waals surface area contributed by atoms with Crippen LogP contribution in [-0.2, 0) is 4.79 Å². The first-order chi connectivity index (χ1) is 9.06. The largest absolute Gasteiger partial charge is 0.454 e. The molecule has 0 spiro atoms. The second kappa shape index (κ2) is 5.82. The monoisotopic (exact) mass is 264 g/mol. The SMILES string of the molecule is CC(C)CNC(=O)C(C)Nc1ccc2c(c1)OCO2.